The number of imide groups is 1. The standard InChI is InChI=1S/C13H15N5O4/c19-10-4-2-1-3-8(10)7-14-17-11(20)6-5-9-12(21)15-13(22)18-16-9/h1-4,7,9,16,19H,5-6H2,(H,17,20)(H2,15,18,21,22)/b14-7+. The van der Waals surface area contributed by atoms with Gasteiger partial charge in [-0.2, -0.15) is 5.10 Å². The van der Waals surface area contributed by atoms with Crippen molar-refractivity contribution in [3.63, 3.8) is 0 Å². The molecule has 1 saturated heterocycles. The Balaban J connectivity index is 1.75. The second kappa shape index (κ2) is 7.18. The second-order valence-corrected chi connectivity index (χ2v) is 4.53. The quantitative estimate of drug-likeness (QED) is 0.364. The Labute approximate surface area is 125 Å². The van der Waals surface area contributed by atoms with Gasteiger partial charge in [0.05, 0.1) is 6.21 Å². The summed E-state index contributed by atoms with van der Waals surface area (Å²) in [7, 11) is 0. The van der Waals surface area contributed by atoms with Crippen LogP contribution in [0.4, 0.5) is 4.79 Å². The molecule has 0 saturated carbocycles. The molecule has 0 aromatic heterocycles. The summed E-state index contributed by atoms with van der Waals surface area (Å²) >= 11 is 0. The molecule has 5 N–H and O–H groups in total. The van der Waals surface area contributed by atoms with E-state index in [1.807, 2.05) is 0 Å². The molecule has 1 aliphatic rings. The van der Waals surface area contributed by atoms with Gasteiger partial charge in [-0.15, -0.1) is 0 Å². The third-order valence-electron chi connectivity index (χ3n) is 2.90. The Kier molecular flexibility index (Phi) is 5.04. The highest BCUT2D eigenvalue weighted by Crippen LogP contribution is 2.12. The summed E-state index contributed by atoms with van der Waals surface area (Å²) in [4.78, 5) is 33.9. The Morgan fingerprint density at radius 3 is 2.86 bits per heavy atom. The number of benzene rings is 1. The van der Waals surface area contributed by atoms with Crippen LogP contribution < -0.4 is 21.6 Å². The maximum atomic E-state index is 11.6. The smallest absolute Gasteiger partial charge is 0.335 e. The number of hydrogen-bond donors (Lipinski definition) is 5. The number of nitrogens with zero attached hydrogens (tertiary/aromatic N) is 1. The van der Waals surface area contributed by atoms with Crippen molar-refractivity contribution in [2.75, 3.05) is 0 Å². The van der Waals surface area contributed by atoms with Crippen LogP contribution in [-0.4, -0.2) is 35.2 Å². The third kappa shape index (κ3) is 4.28. The molecule has 4 amide bonds. The van der Waals surface area contributed by atoms with E-state index in [9.17, 15) is 19.5 Å². The van der Waals surface area contributed by atoms with E-state index in [2.05, 4.69) is 26.7 Å². The molecule has 0 aliphatic carbocycles. The van der Waals surface area contributed by atoms with Gasteiger partial charge in [0, 0.05) is 12.0 Å². The lowest BCUT2D eigenvalue weighted by atomic mass is 10.1. The van der Waals surface area contributed by atoms with Crippen molar-refractivity contribution in [2.24, 2.45) is 5.10 Å². The fourth-order valence-electron chi connectivity index (χ4n) is 1.75. The normalized spacial score (nSPS) is 17.9. The number of phenolic OH excluding ortho intramolecular Hbond substituents is 1. The van der Waals surface area contributed by atoms with E-state index in [4.69, 9.17) is 0 Å². The van der Waals surface area contributed by atoms with E-state index >= 15 is 0 Å². The summed E-state index contributed by atoms with van der Waals surface area (Å²) in [5.74, 6) is -0.827. The minimum atomic E-state index is -0.675. The molecule has 0 radical (unpaired) electrons. The lowest BCUT2D eigenvalue weighted by Crippen LogP contribution is -2.62. The molecule has 1 aromatic carbocycles. The van der Waals surface area contributed by atoms with Crippen molar-refractivity contribution < 1.29 is 19.5 Å². The Hall–Kier alpha value is -2.94. The Morgan fingerprint density at radius 2 is 2.14 bits per heavy atom. The number of carbonyl (C=O) groups excluding carboxylic acids is 3. The van der Waals surface area contributed by atoms with E-state index in [-0.39, 0.29) is 18.6 Å². The van der Waals surface area contributed by atoms with E-state index < -0.39 is 23.9 Å². The van der Waals surface area contributed by atoms with Crippen LogP contribution >= 0.6 is 0 Å². The molecular weight excluding hydrogens is 290 g/mol. The summed E-state index contributed by atoms with van der Waals surface area (Å²) in [5, 5.41) is 15.3. The SMILES string of the molecule is O=C(CCC1NNC(=O)NC1=O)N/N=C/c1ccccc1O. The second-order valence-electron chi connectivity index (χ2n) is 4.53. The minimum Gasteiger partial charge on any atom is -0.507 e. The molecule has 1 aromatic rings. The van der Waals surface area contributed by atoms with E-state index in [1.165, 1.54) is 12.3 Å². The first-order valence-corrected chi connectivity index (χ1v) is 6.52. The average molecular weight is 305 g/mol. The topological polar surface area (TPSA) is 132 Å². The monoisotopic (exact) mass is 305 g/mol. The van der Waals surface area contributed by atoms with E-state index in [0.717, 1.165) is 0 Å². The summed E-state index contributed by atoms with van der Waals surface area (Å²) in [6.07, 6.45) is 1.56. The van der Waals surface area contributed by atoms with Crippen molar-refractivity contribution in [1.29, 1.82) is 0 Å². The van der Waals surface area contributed by atoms with Crippen LogP contribution in [0.2, 0.25) is 0 Å². The van der Waals surface area contributed by atoms with Gasteiger partial charge >= 0.3 is 6.03 Å². The number of rotatable bonds is 5. The number of hydrogen-bond acceptors (Lipinski definition) is 6. The first-order valence-electron chi connectivity index (χ1n) is 6.52. The highest BCUT2D eigenvalue weighted by Gasteiger charge is 2.25. The van der Waals surface area contributed by atoms with Gasteiger partial charge in [-0.05, 0) is 18.6 Å². The number of urea groups is 1. The number of hydrazine groups is 1. The van der Waals surface area contributed by atoms with Crippen LogP contribution in [0.3, 0.4) is 0 Å². The number of phenols is 1. The van der Waals surface area contributed by atoms with Crippen molar-refractivity contribution in [1.82, 2.24) is 21.6 Å². The molecule has 2 rings (SSSR count). The van der Waals surface area contributed by atoms with E-state index in [0.29, 0.717) is 5.56 Å². The van der Waals surface area contributed by atoms with Gasteiger partial charge in [-0.3, -0.25) is 20.3 Å². The molecule has 116 valence electrons. The van der Waals surface area contributed by atoms with Crippen LogP contribution in [0.25, 0.3) is 0 Å². The molecule has 9 nitrogen and oxygen atoms in total. The highest BCUT2D eigenvalue weighted by molar-refractivity contribution is 5.99. The zero-order chi connectivity index (χ0) is 15.9. The van der Waals surface area contributed by atoms with Gasteiger partial charge < -0.3 is 5.11 Å². The summed E-state index contributed by atoms with van der Waals surface area (Å²) in [5.41, 5.74) is 7.51. The van der Waals surface area contributed by atoms with Crippen molar-refractivity contribution in [3.8, 4) is 5.75 Å². The van der Waals surface area contributed by atoms with Gasteiger partial charge in [-0.25, -0.2) is 15.6 Å². The summed E-state index contributed by atoms with van der Waals surface area (Å²) in [6.45, 7) is 0. The molecule has 1 fully saturated rings. The number of para-hydroxylation sites is 1. The summed E-state index contributed by atoms with van der Waals surface area (Å²) < 4.78 is 0. The lowest BCUT2D eigenvalue weighted by Gasteiger charge is -2.22. The predicted molar refractivity (Wildman–Crippen MR) is 76.7 cm³/mol. The predicted octanol–water partition coefficient (Wildman–Crippen LogP) is -0.665. The fourth-order valence-corrected chi connectivity index (χ4v) is 1.75. The van der Waals surface area contributed by atoms with Gasteiger partial charge in [0.2, 0.25) is 11.8 Å². The van der Waals surface area contributed by atoms with Crippen molar-refractivity contribution >= 4 is 24.1 Å². The van der Waals surface area contributed by atoms with E-state index in [1.54, 1.807) is 18.2 Å². The molecule has 1 aliphatic heterocycles. The number of amides is 4. The van der Waals surface area contributed by atoms with Gasteiger partial charge in [-0.1, -0.05) is 12.1 Å². The van der Waals surface area contributed by atoms with Gasteiger partial charge in [0.25, 0.3) is 0 Å². The fraction of sp³-hybridized carbons (Fsp3) is 0.231. The minimum absolute atomic E-state index is 0.0407. The molecule has 9 heteroatoms. The average Bonchev–Trinajstić information content (AvgIpc) is 2.48. The zero-order valence-corrected chi connectivity index (χ0v) is 11.5. The van der Waals surface area contributed by atoms with Crippen LogP contribution in [0, 0.1) is 0 Å². The number of hydrazone groups is 1. The van der Waals surface area contributed by atoms with Crippen molar-refractivity contribution in [2.45, 2.75) is 18.9 Å². The molecule has 0 bridgehead atoms. The molecule has 1 unspecified atom stereocenters. The van der Waals surface area contributed by atoms with Gasteiger partial charge in [0.15, 0.2) is 0 Å². The van der Waals surface area contributed by atoms with Crippen LogP contribution in [0.5, 0.6) is 5.75 Å². The number of carbonyl (C=O) groups is 3. The Morgan fingerprint density at radius 1 is 1.36 bits per heavy atom. The maximum Gasteiger partial charge on any atom is 0.335 e. The highest BCUT2D eigenvalue weighted by atomic mass is 16.3. The zero-order valence-electron chi connectivity index (χ0n) is 11.5. The number of aromatic hydroxyl groups is 1. The molecular formula is C13H15N5O4. The molecule has 1 heterocycles. The van der Waals surface area contributed by atoms with Crippen LogP contribution in [-0.2, 0) is 9.59 Å². The van der Waals surface area contributed by atoms with Gasteiger partial charge in [0.1, 0.15) is 11.8 Å². The number of nitrogens with one attached hydrogen (secondary N) is 4. The largest absolute Gasteiger partial charge is 0.507 e. The van der Waals surface area contributed by atoms with Crippen LogP contribution in [0.1, 0.15) is 18.4 Å². The summed E-state index contributed by atoms with van der Waals surface area (Å²) in [6, 6.07) is 5.24. The van der Waals surface area contributed by atoms with Crippen molar-refractivity contribution in [3.05, 3.63) is 29.8 Å². The van der Waals surface area contributed by atoms with Crippen LogP contribution in [0.15, 0.2) is 29.4 Å². The third-order valence-corrected chi connectivity index (χ3v) is 2.90. The molecule has 22 heavy (non-hydrogen) atoms. The maximum absolute atomic E-state index is 11.6. The first-order chi connectivity index (χ1) is 10.6. The Bertz CT molecular complexity index is 616. The molecule has 0 spiro atoms. The molecule has 1 atom stereocenters. The lowest BCUT2D eigenvalue weighted by molar-refractivity contribution is -0.124. The first kappa shape index (κ1) is 15.4.